The maximum absolute atomic E-state index is 12.3. The van der Waals surface area contributed by atoms with E-state index in [0.717, 1.165) is 6.42 Å². The fourth-order valence-electron chi connectivity index (χ4n) is 1.90. The highest BCUT2D eigenvalue weighted by molar-refractivity contribution is 5.90. The molecule has 0 aromatic rings. The summed E-state index contributed by atoms with van der Waals surface area (Å²) in [5.74, 6) is 0.0747. The predicted molar refractivity (Wildman–Crippen MR) is 62.9 cm³/mol. The van der Waals surface area contributed by atoms with Crippen LogP contribution < -0.4 is 5.32 Å². The molecule has 0 aromatic heterocycles. The van der Waals surface area contributed by atoms with Gasteiger partial charge in [0.25, 0.3) is 0 Å². The van der Waals surface area contributed by atoms with Gasteiger partial charge in [-0.3, -0.25) is 9.59 Å². The van der Waals surface area contributed by atoms with Gasteiger partial charge < -0.3 is 10.2 Å². The SMILES string of the molecule is CCC1C(=O)NCCN1C(=O)C(C)(C)CC. The van der Waals surface area contributed by atoms with Gasteiger partial charge in [0.15, 0.2) is 0 Å². The Bertz CT molecular complexity index is 287. The summed E-state index contributed by atoms with van der Waals surface area (Å²) < 4.78 is 0. The predicted octanol–water partition coefficient (Wildman–Crippen LogP) is 1.16. The van der Waals surface area contributed by atoms with Crippen molar-refractivity contribution in [1.82, 2.24) is 10.2 Å². The van der Waals surface area contributed by atoms with Gasteiger partial charge in [-0.05, 0) is 12.8 Å². The Labute approximate surface area is 97.4 Å². The smallest absolute Gasteiger partial charge is 0.242 e. The monoisotopic (exact) mass is 226 g/mol. The third-order valence-electron chi connectivity index (χ3n) is 3.44. The van der Waals surface area contributed by atoms with Gasteiger partial charge in [-0.25, -0.2) is 0 Å². The Morgan fingerprint density at radius 2 is 2.12 bits per heavy atom. The normalized spacial score (nSPS) is 21.9. The number of rotatable bonds is 3. The lowest BCUT2D eigenvalue weighted by molar-refractivity contribution is -0.150. The van der Waals surface area contributed by atoms with Gasteiger partial charge in [0.1, 0.15) is 6.04 Å². The third kappa shape index (κ3) is 2.36. The first-order valence-electron chi connectivity index (χ1n) is 6.02. The maximum Gasteiger partial charge on any atom is 0.242 e. The molecule has 1 aliphatic rings. The van der Waals surface area contributed by atoms with Crippen LogP contribution in [0, 0.1) is 5.41 Å². The Balaban J connectivity index is 2.85. The number of piperazine rings is 1. The summed E-state index contributed by atoms with van der Waals surface area (Å²) in [4.78, 5) is 25.7. The standard InChI is InChI=1S/C12H22N2O2/c1-5-9-10(15)13-7-8-14(9)11(16)12(3,4)6-2/h9H,5-8H2,1-4H3,(H,13,15). The minimum atomic E-state index is -0.370. The van der Waals surface area contributed by atoms with E-state index in [1.807, 2.05) is 27.7 Å². The average molecular weight is 226 g/mol. The van der Waals surface area contributed by atoms with Crippen LogP contribution in [0.25, 0.3) is 0 Å². The van der Waals surface area contributed by atoms with E-state index in [9.17, 15) is 9.59 Å². The molecule has 1 aliphatic heterocycles. The molecular formula is C12H22N2O2. The molecule has 4 heteroatoms. The molecule has 0 spiro atoms. The minimum absolute atomic E-state index is 0.0194. The topological polar surface area (TPSA) is 49.4 Å². The first-order valence-corrected chi connectivity index (χ1v) is 6.02. The van der Waals surface area contributed by atoms with Crippen LogP contribution >= 0.6 is 0 Å². The van der Waals surface area contributed by atoms with Crippen molar-refractivity contribution in [1.29, 1.82) is 0 Å². The number of nitrogens with zero attached hydrogens (tertiary/aromatic N) is 1. The van der Waals surface area contributed by atoms with E-state index in [-0.39, 0.29) is 23.3 Å². The Kier molecular flexibility index (Phi) is 3.94. The molecule has 1 fully saturated rings. The summed E-state index contributed by atoms with van der Waals surface area (Å²) in [6.45, 7) is 9.02. The quantitative estimate of drug-likeness (QED) is 0.785. The first-order chi connectivity index (χ1) is 7.44. The second kappa shape index (κ2) is 4.85. The van der Waals surface area contributed by atoms with Crippen molar-refractivity contribution in [2.24, 2.45) is 5.41 Å². The molecular weight excluding hydrogens is 204 g/mol. The highest BCUT2D eigenvalue weighted by Gasteiger charge is 2.37. The van der Waals surface area contributed by atoms with Gasteiger partial charge >= 0.3 is 0 Å². The van der Waals surface area contributed by atoms with Crippen molar-refractivity contribution < 1.29 is 9.59 Å². The van der Waals surface area contributed by atoms with Gasteiger partial charge in [-0.1, -0.05) is 27.7 Å². The molecule has 92 valence electrons. The molecule has 0 aliphatic carbocycles. The largest absolute Gasteiger partial charge is 0.353 e. The second-order valence-electron chi connectivity index (χ2n) is 4.95. The molecule has 1 unspecified atom stereocenters. The van der Waals surface area contributed by atoms with Crippen LogP contribution in [0.3, 0.4) is 0 Å². The lowest BCUT2D eigenvalue weighted by atomic mass is 9.87. The van der Waals surface area contributed by atoms with Crippen molar-refractivity contribution in [3.8, 4) is 0 Å². The van der Waals surface area contributed by atoms with Gasteiger partial charge in [-0.2, -0.15) is 0 Å². The molecule has 0 radical (unpaired) electrons. The van der Waals surface area contributed by atoms with Crippen LogP contribution in [0.2, 0.25) is 0 Å². The molecule has 0 saturated carbocycles. The van der Waals surface area contributed by atoms with E-state index >= 15 is 0 Å². The number of hydrogen-bond donors (Lipinski definition) is 1. The zero-order valence-corrected chi connectivity index (χ0v) is 10.7. The van der Waals surface area contributed by atoms with Crippen LogP contribution in [-0.2, 0) is 9.59 Å². The molecule has 1 N–H and O–H groups in total. The molecule has 1 atom stereocenters. The molecule has 16 heavy (non-hydrogen) atoms. The van der Waals surface area contributed by atoms with Gasteiger partial charge in [0.2, 0.25) is 11.8 Å². The molecule has 1 heterocycles. The van der Waals surface area contributed by atoms with Crippen molar-refractivity contribution >= 4 is 11.8 Å². The summed E-state index contributed by atoms with van der Waals surface area (Å²) in [5.41, 5.74) is -0.370. The van der Waals surface area contributed by atoms with Crippen molar-refractivity contribution in [3.05, 3.63) is 0 Å². The van der Waals surface area contributed by atoms with E-state index in [4.69, 9.17) is 0 Å². The second-order valence-corrected chi connectivity index (χ2v) is 4.95. The van der Waals surface area contributed by atoms with Crippen LogP contribution in [0.1, 0.15) is 40.5 Å². The van der Waals surface area contributed by atoms with E-state index in [1.165, 1.54) is 0 Å². The van der Waals surface area contributed by atoms with E-state index in [1.54, 1.807) is 4.90 Å². The minimum Gasteiger partial charge on any atom is -0.353 e. The van der Waals surface area contributed by atoms with Crippen LogP contribution in [0.4, 0.5) is 0 Å². The van der Waals surface area contributed by atoms with Gasteiger partial charge in [0, 0.05) is 18.5 Å². The van der Waals surface area contributed by atoms with Crippen molar-refractivity contribution in [2.45, 2.75) is 46.6 Å². The number of carbonyl (C=O) groups excluding carboxylic acids is 2. The summed E-state index contributed by atoms with van der Waals surface area (Å²) in [6, 6.07) is -0.285. The van der Waals surface area contributed by atoms with Crippen LogP contribution in [0.15, 0.2) is 0 Å². The Morgan fingerprint density at radius 1 is 1.50 bits per heavy atom. The van der Waals surface area contributed by atoms with E-state index in [2.05, 4.69) is 5.32 Å². The molecule has 0 aromatic carbocycles. The van der Waals surface area contributed by atoms with Gasteiger partial charge in [0.05, 0.1) is 0 Å². The lowest BCUT2D eigenvalue weighted by Gasteiger charge is -2.39. The number of hydrogen-bond acceptors (Lipinski definition) is 2. The highest BCUT2D eigenvalue weighted by Crippen LogP contribution is 2.25. The van der Waals surface area contributed by atoms with Crippen molar-refractivity contribution in [2.75, 3.05) is 13.1 Å². The Morgan fingerprint density at radius 3 is 2.62 bits per heavy atom. The van der Waals surface area contributed by atoms with Crippen molar-refractivity contribution in [3.63, 3.8) is 0 Å². The fourth-order valence-corrected chi connectivity index (χ4v) is 1.90. The summed E-state index contributed by atoms with van der Waals surface area (Å²) in [6.07, 6.45) is 1.47. The van der Waals surface area contributed by atoms with E-state index in [0.29, 0.717) is 19.5 Å². The van der Waals surface area contributed by atoms with Crippen LogP contribution in [-0.4, -0.2) is 35.8 Å². The molecule has 4 nitrogen and oxygen atoms in total. The number of amides is 2. The van der Waals surface area contributed by atoms with Gasteiger partial charge in [-0.15, -0.1) is 0 Å². The fraction of sp³-hybridized carbons (Fsp3) is 0.833. The molecule has 0 bridgehead atoms. The number of nitrogens with one attached hydrogen (secondary N) is 1. The molecule has 1 rings (SSSR count). The maximum atomic E-state index is 12.3. The zero-order valence-electron chi connectivity index (χ0n) is 10.7. The summed E-state index contributed by atoms with van der Waals surface area (Å²) in [7, 11) is 0. The first kappa shape index (κ1) is 13.0. The third-order valence-corrected chi connectivity index (χ3v) is 3.44. The molecule has 2 amide bonds. The molecule has 1 saturated heterocycles. The van der Waals surface area contributed by atoms with E-state index < -0.39 is 0 Å². The lowest BCUT2D eigenvalue weighted by Crippen LogP contribution is -2.59. The zero-order chi connectivity index (χ0) is 12.3. The Hall–Kier alpha value is -1.06. The highest BCUT2D eigenvalue weighted by atomic mass is 16.2. The number of carbonyl (C=O) groups is 2. The average Bonchev–Trinajstić information content (AvgIpc) is 2.27. The van der Waals surface area contributed by atoms with Crippen LogP contribution in [0.5, 0.6) is 0 Å². The summed E-state index contributed by atoms with van der Waals surface area (Å²) >= 11 is 0. The summed E-state index contributed by atoms with van der Waals surface area (Å²) in [5, 5.41) is 2.80.